The fraction of sp³-hybridized carbons (Fsp3) is 0.682. The van der Waals surface area contributed by atoms with Gasteiger partial charge in [-0.05, 0) is 32.6 Å². The van der Waals surface area contributed by atoms with E-state index >= 15 is 0 Å². The Bertz CT molecular complexity index is 821. The zero-order valence-corrected chi connectivity index (χ0v) is 17.8. The highest BCUT2D eigenvalue weighted by Gasteiger charge is 2.27. The number of amides is 1. The van der Waals surface area contributed by atoms with Crippen LogP contribution in [0.1, 0.15) is 79.0 Å². The van der Waals surface area contributed by atoms with Gasteiger partial charge in [0, 0.05) is 45.0 Å². The maximum atomic E-state index is 13.1. The summed E-state index contributed by atoms with van der Waals surface area (Å²) >= 11 is 0. The van der Waals surface area contributed by atoms with Crippen LogP contribution in [0, 0.1) is 6.92 Å². The van der Waals surface area contributed by atoms with Crippen LogP contribution in [-0.2, 0) is 13.0 Å². The number of hydrogen-bond acceptors (Lipinski definition) is 5. The number of carbonyl (C=O) groups excluding carboxylic acids is 1. The van der Waals surface area contributed by atoms with Crippen LogP contribution in [-0.4, -0.2) is 56.6 Å². The van der Waals surface area contributed by atoms with E-state index in [1.165, 1.54) is 37.8 Å². The van der Waals surface area contributed by atoms with Crippen molar-refractivity contribution in [3.63, 3.8) is 0 Å². The van der Waals surface area contributed by atoms with Crippen molar-refractivity contribution in [3.05, 3.63) is 35.2 Å². The van der Waals surface area contributed by atoms with Gasteiger partial charge < -0.3 is 14.0 Å². The van der Waals surface area contributed by atoms with E-state index in [-0.39, 0.29) is 5.91 Å². The lowest BCUT2D eigenvalue weighted by atomic mass is 9.95. The summed E-state index contributed by atoms with van der Waals surface area (Å²) in [7, 11) is 0. The second-order valence-electron chi connectivity index (χ2n) is 8.42. The monoisotopic (exact) mass is 399 g/mol. The summed E-state index contributed by atoms with van der Waals surface area (Å²) in [6, 6.07) is 0.607. The summed E-state index contributed by atoms with van der Waals surface area (Å²) < 4.78 is 7.68. The van der Waals surface area contributed by atoms with E-state index in [9.17, 15) is 4.79 Å². The minimum atomic E-state index is 0.0645. The van der Waals surface area contributed by atoms with E-state index in [1.807, 2.05) is 31.3 Å². The van der Waals surface area contributed by atoms with Crippen LogP contribution in [0.5, 0.6) is 0 Å². The van der Waals surface area contributed by atoms with Crippen LogP contribution in [0.4, 0.5) is 0 Å². The Morgan fingerprint density at radius 1 is 1.14 bits per heavy atom. The molecular weight excluding hydrogens is 366 g/mol. The third-order valence-electron chi connectivity index (χ3n) is 6.46. The van der Waals surface area contributed by atoms with Crippen LogP contribution < -0.4 is 0 Å². The van der Waals surface area contributed by atoms with E-state index in [1.54, 1.807) is 0 Å². The second kappa shape index (κ2) is 9.11. The Balaban J connectivity index is 1.39. The van der Waals surface area contributed by atoms with Crippen molar-refractivity contribution < 1.29 is 9.32 Å². The molecule has 0 radical (unpaired) electrons. The fourth-order valence-electron chi connectivity index (χ4n) is 4.80. The summed E-state index contributed by atoms with van der Waals surface area (Å²) in [6.07, 6.45) is 12.3. The number of rotatable bonds is 5. The minimum absolute atomic E-state index is 0.0645. The molecule has 3 heterocycles. The minimum Gasteiger partial charge on any atom is -0.361 e. The lowest BCUT2D eigenvalue weighted by Crippen LogP contribution is -2.35. The van der Waals surface area contributed by atoms with Crippen molar-refractivity contribution in [3.8, 4) is 0 Å². The van der Waals surface area contributed by atoms with Crippen molar-refractivity contribution in [2.75, 3.05) is 26.2 Å². The number of aryl methyl sites for hydroxylation is 2. The Labute approximate surface area is 173 Å². The molecule has 4 rings (SSSR count). The van der Waals surface area contributed by atoms with E-state index in [0.717, 1.165) is 44.8 Å². The van der Waals surface area contributed by atoms with Gasteiger partial charge in [0.25, 0.3) is 5.91 Å². The topological polar surface area (TPSA) is 67.4 Å². The molecule has 1 aliphatic heterocycles. The molecule has 7 nitrogen and oxygen atoms in total. The van der Waals surface area contributed by atoms with E-state index in [4.69, 9.17) is 4.52 Å². The second-order valence-corrected chi connectivity index (χ2v) is 8.42. The van der Waals surface area contributed by atoms with Gasteiger partial charge in [0.2, 0.25) is 0 Å². The normalized spacial score (nSPS) is 19.4. The summed E-state index contributed by atoms with van der Waals surface area (Å²) in [5.41, 5.74) is 2.74. The number of aromatic nitrogens is 3. The maximum Gasteiger partial charge on any atom is 0.259 e. The van der Waals surface area contributed by atoms with Gasteiger partial charge in [-0.25, -0.2) is 4.98 Å². The van der Waals surface area contributed by atoms with E-state index in [2.05, 4.69) is 19.6 Å². The van der Waals surface area contributed by atoms with Gasteiger partial charge >= 0.3 is 0 Å². The lowest BCUT2D eigenvalue weighted by Gasteiger charge is -2.27. The molecule has 0 N–H and O–H groups in total. The van der Waals surface area contributed by atoms with Gasteiger partial charge in [-0.1, -0.05) is 31.3 Å². The molecule has 0 aromatic carbocycles. The quantitative estimate of drug-likeness (QED) is 0.769. The third-order valence-corrected chi connectivity index (χ3v) is 6.46. The largest absolute Gasteiger partial charge is 0.361 e. The molecule has 2 aromatic rings. The molecule has 0 spiro atoms. The predicted molar refractivity (Wildman–Crippen MR) is 111 cm³/mol. The van der Waals surface area contributed by atoms with Crippen LogP contribution in [0.3, 0.4) is 0 Å². The molecular formula is C22H33N5O2. The number of carbonyl (C=O) groups is 1. The standard InChI is InChI=1S/C22H33N5O2/c1-3-20-21(17(2)29-24-20)22(28)26-11-7-10-25(12-13-26)15-19-14-23-16-27(19)18-8-5-4-6-9-18/h14,16,18H,3-13,15H2,1-2H3. The fourth-order valence-corrected chi connectivity index (χ4v) is 4.80. The van der Waals surface area contributed by atoms with Crippen molar-refractivity contribution in [2.24, 2.45) is 0 Å². The highest BCUT2D eigenvalue weighted by atomic mass is 16.5. The highest BCUT2D eigenvalue weighted by molar-refractivity contribution is 5.96. The molecule has 158 valence electrons. The van der Waals surface area contributed by atoms with Crippen LogP contribution >= 0.6 is 0 Å². The molecule has 0 atom stereocenters. The zero-order chi connectivity index (χ0) is 20.2. The zero-order valence-electron chi connectivity index (χ0n) is 17.8. The smallest absolute Gasteiger partial charge is 0.259 e. The Morgan fingerprint density at radius 2 is 1.97 bits per heavy atom. The third kappa shape index (κ3) is 4.39. The lowest BCUT2D eigenvalue weighted by molar-refractivity contribution is 0.0758. The van der Waals surface area contributed by atoms with Gasteiger partial charge in [-0.15, -0.1) is 0 Å². The van der Waals surface area contributed by atoms with Gasteiger partial charge in [-0.2, -0.15) is 0 Å². The SMILES string of the molecule is CCc1noc(C)c1C(=O)N1CCCN(Cc2cncn2C2CCCCC2)CC1. The molecule has 0 bridgehead atoms. The van der Waals surface area contributed by atoms with Crippen LogP contribution in [0.2, 0.25) is 0 Å². The Hall–Kier alpha value is -2.15. The van der Waals surface area contributed by atoms with Gasteiger partial charge in [0.15, 0.2) is 0 Å². The molecule has 7 heteroatoms. The molecule has 2 aromatic heterocycles. The predicted octanol–water partition coefficient (Wildman–Crippen LogP) is 3.60. The summed E-state index contributed by atoms with van der Waals surface area (Å²) in [5, 5.41) is 4.05. The molecule has 1 saturated heterocycles. The molecule has 1 amide bonds. The average molecular weight is 400 g/mol. The van der Waals surface area contributed by atoms with Crippen molar-refractivity contribution in [1.29, 1.82) is 0 Å². The molecule has 0 unspecified atom stereocenters. The Morgan fingerprint density at radius 3 is 2.76 bits per heavy atom. The highest BCUT2D eigenvalue weighted by Crippen LogP contribution is 2.29. The van der Waals surface area contributed by atoms with Crippen LogP contribution in [0.15, 0.2) is 17.0 Å². The molecule has 29 heavy (non-hydrogen) atoms. The first-order valence-electron chi connectivity index (χ1n) is 11.1. The van der Waals surface area contributed by atoms with E-state index < -0.39 is 0 Å². The summed E-state index contributed by atoms with van der Waals surface area (Å²) in [5.74, 6) is 0.694. The number of imidazole rings is 1. The molecule has 1 saturated carbocycles. The van der Waals surface area contributed by atoms with Gasteiger partial charge in [0.05, 0.1) is 17.7 Å². The first kappa shape index (κ1) is 20.1. The molecule has 2 fully saturated rings. The van der Waals surface area contributed by atoms with Crippen molar-refractivity contribution in [2.45, 2.75) is 71.4 Å². The van der Waals surface area contributed by atoms with Gasteiger partial charge in [0.1, 0.15) is 11.3 Å². The summed E-state index contributed by atoms with van der Waals surface area (Å²) in [6.45, 7) is 8.15. The number of hydrogen-bond donors (Lipinski definition) is 0. The van der Waals surface area contributed by atoms with Gasteiger partial charge in [-0.3, -0.25) is 9.69 Å². The molecule has 2 aliphatic rings. The first-order valence-corrected chi connectivity index (χ1v) is 11.1. The van der Waals surface area contributed by atoms with Crippen molar-refractivity contribution in [1.82, 2.24) is 24.5 Å². The first-order chi connectivity index (χ1) is 14.2. The number of nitrogens with zero attached hydrogens (tertiary/aromatic N) is 5. The van der Waals surface area contributed by atoms with Crippen LogP contribution in [0.25, 0.3) is 0 Å². The Kier molecular flexibility index (Phi) is 6.33. The molecule has 1 aliphatic carbocycles. The van der Waals surface area contributed by atoms with Crippen molar-refractivity contribution >= 4 is 5.91 Å². The average Bonchev–Trinajstić information content (AvgIpc) is 3.28. The van der Waals surface area contributed by atoms with E-state index in [0.29, 0.717) is 23.8 Å². The maximum absolute atomic E-state index is 13.1. The summed E-state index contributed by atoms with van der Waals surface area (Å²) in [4.78, 5) is 22.0.